The van der Waals surface area contributed by atoms with E-state index in [1.165, 1.54) is 0 Å². The average molecular weight is 242 g/mol. The van der Waals surface area contributed by atoms with Gasteiger partial charge in [0.25, 0.3) is 0 Å². The Hall–Kier alpha value is -1.82. The molecule has 18 heavy (non-hydrogen) atoms. The quantitative estimate of drug-likeness (QED) is 0.886. The fourth-order valence-electron chi connectivity index (χ4n) is 2.55. The van der Waals surface area contributed by atoms with E-state index in [1.807, 2.05) is 31.2 Å². The predicted octanol–water partition coefficient (Wildman–Crippen LogP) is 3.02. The highest BCUT2D eigenvalue weighted by Crippen LogP contribution is 2.38. The van der Waals surface area contributed by atoms with Crippen LogP contribution in [0.5, 0.6) is 0 Å². The first kappa shape index (κ1) is 12.6. The number of hydrogen-bond acceptors (Lipinski definition) is 3. The van der Waals surface area contributed by atoms with Crippen molar-refractivity contribution >= 4 is 11.5 Å². The van der Waals surface area contributed by atoms with Crippen LogP contribution in [0.25, 0.3) is 0 Å². The Morgan fingerprint density at radius 2 is 2.11 bits per heavy atom. The fourth-order valence-corrected chi connectivity index (χ4v) is 2.55. The molecule has 0 heterocycles. The molecule has 0 unspecified atom stereocenters. The van der Waals surface area contributed by atoms with E-state index in [-0.39, 0.29) is 5.78 Å². The number of anilines is 1. The monoisotopic (exact) mass is 242 g/mol. The summed E-state index contributed by atoms with van der Waals surface area (Å²) in [5.41, 5.74) is 1.61. The van der Waals surface area contributed by atoms with Gasteiger partial charge in [-0.25, -0.2) is 0 Å². The number of ketones is 1. The van der Waals surface area contributed by atoms with Crippen LogP contribution in [0.4, 0.5) is 5.69 Å². The van der Waals surface area contributed by atoms with Gasteiger partial charge < -0.3 is 5.32 Å². The topological polar surface area (TPSA) is 52.9 Å². The lowest BCUT2D eigenvalue weighted by atomic mass is 9.70. The smallest absolute Gasteiger partial charge is 0.133 e. The van der Waals surface area contributed by atoms with E-state index in [0.29, 0.717) is 25.7 Å². The Bertz CT molecular complexity index is 478. The van der Waals surface area contributed by atoms with Crippen LogP contribution in [-0.4, -0.2) is 12.3 Å². The van der Waals surface area contributed by atoms with Gasteiger partial charge in [-0.1, -0.05) is 12.1 Å². The number of rotatable bonds is 3. The van der Waals surface area contributed by atoms with Crippen molar-refractivity contribution in [2.24, 2.45) is 0 Å². The molecule has 0 atom stereocenters. The van der Waals surface area contributed by atoms with E-state index in [4.69, 9.17) is 0 Å². The number of nitrogens with one attached hydrogen (secondary N) is 1. The second-order valence-electron chi connectivity index (χ2n) is 4.84. The van der Waals surface area contributed by atoms with Crippen LogP contribution in [0.3, 0.4) is 0 Å². The molecule has 1 aromatic carbocycles. The van der Waals surface area contributed by atoms with E-state index >= 15 is 0 Å². The number of nitriles is 1. The number of hydrogen-bond donors (Lipinski definition) is 1. The summed E-state index contributed by atoms with van der Waals surface area (Å²) in [5.74, 6) is 0.281. The predicted molar refractivity (Wildman–Crippen MR) is 71.4 cm³/mol. The van der Waals surface area contributed by atoms with E-state index in [0.717, 1.165) is 17.8 Å². The first-order valence-corrected chi connectivity index (χ1v) is 6.47. The number of Topliss-reactive ketones (excluding diaryl/α,β-unsaturated/α-hetero) is 1. The number of carbonyl (C=O) groups is 1. The van der Waals surface area contributed by atoms with Gasteiger partial charge in [-0.2, -0.15) is 5.26 Å². The van der Waals surface area contributed by atoms with Crippen LogP contribution < -0.4 is 5.32 Å². The number of nitrogens with zero attached hydrogens (tertiary/aromatic N) is 1. The van der Waals surface area contributed by atoms with Crippen molar-refractivity contribution in [1.82, 2.24) is 0 Å². The second kappa shape index (κ2) is 5.22. The molecule has 1 N–H and O–H groups in total. The summed E-state index contributed by atoms with van der Waals surface area (Å²) >= 11 is 0. The third-order valence-corrected chi connectivity index (χ3v) is 3.67. The molecule has 1 aliphatic rings. The molecule has 1 saturated carbocycles. The van der Waals surface area contributed by atoms with E-state index in [9.17, 15) is 10.1 Å². The third kappa shape index (κ3) is 2.38. The molecule has 0 spiro atoms. The summed E-state index contributed by atoms with van der Waals surface area (Å²) in [6.45, 7) is 2.91. The molecule has 3 heteroatoms. The summed E-state index contributed by atoms with van der Waals surface area (Å²) in [4.78, 5) is 11.3. The van der Waals surface area contributed by atoms with E-state index < -0.39 is 5.41 Å². The van der Waals surface area contributed by atoms with Crippen molar-refractivity contribution in [3.05, 3.63) is 29.8 Å². The lowest BCUT2D eigenvalue weighted by Crippen LogP contribution is -2.30. The van der Waals surface area contributed by atoms with Gasteiger partial charge in [0.1, 0.15) is 5.78 Å². The Kier molecular flexibility index (Phi) is 3.66. The highest BCUT2D eigenvalue weighted by Gasteiger charge is 2.36. The van der Waals surface area contributed by atoms with Crippen LogP contribution >= 0.6 is 0 Å². The van der Waals surface area contributed by atoms with Gasteiger partial charge in [0, 0.05) is 25.1 Å². The van der Waals surface area contributed by atoms with Crippen LogP contribution in [0.1, 0.15) is 38.2 Å². The zero-order valence-electron chi connectivity index (χ0n) is 10.7. The number of carbonyl (C=O) groups excluding carboxylic acids is 1. The molecule has 94 valence electrons. The van der Waals surface area contributed by atoms with Crippen molar-refractivity contribution in [3.63, 3.8) is 0 Å². The maximum atomic E-state index is 11.3. The first-order chi connectivity index (χ1) is 8.70. The van der Waals surface area contributed by atoms with Gasteiger partial charge in [-0.05, 0) is 37.5 Å². The zero-order valence-corrected chi connectivity index (χ0v) is 10.7. The molecule has 0 saturated heterocycles. The van der Waals surface area contributed by atoms with Gasteiger partial charge in [0.2, 0.25) is 0 Å². The molecule has 0 bridgehead atoms. The second-order valence-corrected chi connectivity index (χ2v) is 4.84. The van der Waals surface area contributed by atoms with E-state index in [1.54, 1.807) is 0 Å². The molecular formula is C15H18N2O. The maximum absolute atomic E-state index is 11.3. The van der Waals surface area contributed by atoms with Crippen molar-refractivity contribution in [2.75, 3.05) is 11.9 Å². The summed E-state index contributed by atoms with van der Waals surface area (Å²) in [5, 5.41) is 12.8. The lowest BCUT2D eigenvalue weighted by molar-refractivity contribution is -0.120. The first-order valence-electron chi connectivity index (χ1n) is 6.47. The molecule has 1 aliphatic carbocycles. The van der Waals surface area contributed by atoms with Crippen molar-refractivity contribution in [3.8, 4) is 6.07 Å². The number of benzene rings is 1. The highest BCUT2D eigenvalue weighted by atomic mass is 16.1. The average Bonchev–Trinajstić information content (AvgIpc) is 2.41. The van der Waals surface area contributed by atoms with E-state index in [2.05, 4.69) is 11.4 Å². The summed E-state index contributed by atoms with van der Waals surface area (Å²) in [7, 11) is 0. The standard InChI is InChI=1S/C15H18N2O/c1-2-17-13-5-3-4-12(10-13)15(11-16)8-6-14(18)7-9-15/h3-5,10,17H,2,6-9H2,1H3. The minimum Gasteiger partial charge on any atom is -0.385 e. The van der Waals surface area contributed by atoms with Gasteiger partial charge in [0.15, 0.2) is 0 Å². The summed E-state index contributed by atoms with van der Waals surface area (Å²) in [6.07, 6.45) is 2.35. The molecule has 0 amide bonds. The summed E-state index contributed by atoms with van der Waals surface area (Å²) < 4.78 is 0. The van der Waals surface area contributed by atoms with Crippen molar-refractivity contribution in [2.45, 2.75) is 38.0 Å². The lowest BCUT2D eigenvalue weighted by Gasteiger charge is -2.30. The van der Waals surface area contributed by atoms with Crippen LogP contribution in [0.15, 0.2) is 24.3 Å². The zero-order chi connectivity index (χ0) is 13.0. The molecule has 3 nitrogen and oxygen atoms in total. The fraction of sp³-hybridized carbons (Fsp3) is 0.467. The van der Waals surface area contributed by atoms with Gasteiger partial charge in [-0.15, -0.1) is 0 Å². The molecule has 0 aliphatic heterocycles. The highest BCUT2D eigenvalue weighted by molar-refractivity contribution is 5.80. The van der Waals surface area contributed by atoms with Gasteiger partial charge >= 0.3 is 0 Å². The molecule has 1 fully saturated rings. The Morgan fingerprint density at radius 1 is 1.39 bits per heavy atom. The van der Waals surface area contributed by atoms with Crippen LogP contribution in [0.2, 0.25) is 0 Å². The van der Waals surface area contributed by atoms with Crippen LogP contribution in [0, 0.1) is 11.3 Å². The SMILES string of the molecule is CCNc1cccc(C2(C#N)CCC(=O)CC2)c1. The molecule has 1 aromatic rings. The minimum atomic E-state index is -0.473. The van der Waals surface area contributed by atoms with Crippen molar-refractivity contribution < 1.29 is 4.79 Å². The van der Waals surface area contributed by atoms with Gasteiger partial charge in [-0.3, -0.25) is 4.79 Å². The molecular weight excluding hydrogens is 224 g/mol. The molecule has 0 aromatic heterocycles. The van der Waals surface area contributed by atoms with Crippen LogP contribution in [-0.2, 0) is 10.2 Å². The summed E-state index contributed by atoms with van der Waals surface area (Å²) in [6, 6.07) is 10.5. The maximum Gasteiger partial charge on any atom is 0.133 e. The van der Waals surface area contributed by atoms with Gasteiger partial charge in [0.05, 0.1) is 11.5 Å². The largest absolute Gasteiger partial charge is 0.385 e. The molecule has 0 radical (unpaired) electrons. The third-order valence-electron chi connectivity index (χ3n) is 3.67. The Balaban J connectivity index is 2.30. The Morgan fingerprint density at radius 3 is 2.72 bits per heavy atom. The van der Waals surface area contributed by atoms with Crippen molar-refractivity contribution in [1.29, 1.82) is 5.26 Å². The minimum absolute atomic E-state index is 0.281. The Labute approximate surface area is 108 Å². The normalized spacial score (nSPS) is 18.1. The molecule has 2 rings (SSSR count).